The standard InChI is InChI=1S/C16H21NO6S2/c1-2-9-24(20,21)12-4-6-13(7-5-12)25(22,23)17-11-3-8-15(17)14(10-11)16(18)19/h4-7,11,14-15H,2-3,8-10H2,1H3,(H,18,19). The monoisotopic (exact) mass is 387 g/mol. The summed E-state index contributed by atoms with van der Waals surface area (Å²) in [6, 6.07) is 4.40. The van der Waals surface area contributed by atoms with Crippen molar-refractivity contribution in [1.82, 2.24) is 4.31 Å². The highest BCUT2D eigenvalue weighted by Crippen LogP contribution is 2.45. The van der Waals surface area contributed by atoms with Crippen LogP contribution in [0.15, 0.2) is 34.1 Å². The summed E-state index contributed by atoms with van der Waals surface area (Å²) in [6.45, 7) is 1.76. The van der Waals surface area contributed by atoms with E-state index in [1.54, 1.807) is 6.92 Å². The number of carboxylic acids is 1. The molecule has 0 amide bonds. The molecule has 2 saturated heterocycles. The van der Waals surface area contributed by atoms with Crippen molar-refractivity contribution in [2.24, 2.45) is 5.92 Å². The van der Waals surface area contributed by atoms with Crippen LogP contribution < -0.4 is 0 Å². The van der Waals surface area contributed by atoms with E-state index in [0.717, 1.165) is 0 Å². The molecule has 3 unspecified atom stereocenters. The fourth-order valence-electron chi connectivity index (χ4n) is 3.91. The van der Waals surface area contributed by atoms with Gasteiger partial charge in [0, 0.05) is 12.1 Å². The Bertz CT molecular complexity index is 876. The van der Waals surface area contributed by atoms with Crippen molar-refractivity contribution in [1.29, 1.82) is 0 Å². The number of hydrogen-bond donors (Lipinski definition) is 1. The van der Waals surface area contributed by atoms with E-state index in [9.17, 15) is 26.7 Å². The number of rotatable bonds is 6. The first kappa shape index (κ1) is 18.3. The van der Waals surface area contributed by atoms with Crippen molar-refractivity contribution < 1.29 is 26.7 Å². The number of nitrogens with zero attached hydrogens (tertiary/aromatic N) is 1. The van der Waals surface area contributed by atoms with Crippen LogP contribution in [0.1, 0.15) is 32.6 Å². The molecule has 3 rings (SSSR count). The van der Waals surface area contributed by atoms with E-state index in [-0.39, 0.29) is 21.6 Å². The molecule has 1 aromatic carbocycles. The molecule has 1 aromatic rings. The van der Waals surface area contributed by atoms with Gasteiger partial charge in [0.2, 0.25) is 10.0 Å². The third-order valence-corrected chi connectivity index (χ3v) is 8.95. The van der Waals surface area contributed by atoms with Crippen molar-refractivity contribution in [3.05, 3.63) is 24.3 Å². The molecule has 3 atom stereocenters. The zero-order chi connectivity index (χ0) is 18.4. The topological polar surface area (TPSA) is 109 Å². The van der Waals surface area contributed by atoms with Gasteiger partial charge in [0.1, 0.15) is 0 Å². The molecule has 1 N–H and O–H groups in total. The van der Waals surface area contributed by atoms with Crippen LogP contribution in [0.3, 0.4) is 0 Å². The minimum absolute atomic E-state index is 0.00545. The summed E-state index contributed by atoms with van der Waals surface area (Å²) in [4.78, 5) is 11.4. The van der Waals surface area contributed by atoms with Gasteiger partial charge in [0.05, 0.1) is 21.5 Å². The van der Waals surface area contributed by atoms with E-state index in [1.165, 1.54) is 28.6 Å². The van der Waals surface area contributed by atoms with E-state index in [0.29, 0.717) is 25.7 Å². The molecule has 25 heavy (non-hydrogen) atoms. The van der Waals surface area contributed by atoms with Crippen molar-refractivity contribution in [3.63, 3.8) is 0 Å². The fourth-order valence-corrected chi connectivity index (χ4v) is 7.15. The van der Waals surface area contributed by atoms with E-state index in [2.05, 4.69) is 0 Å². The van der Waals surface area contributed by atoms with Crippen LogP contribution in [0.4, 0.5) is 0 Å². The van der Waals surface area contributed by atoms with Crippen LogP contribution in [0.5, 0.6) is 0 Å². The molecule has 2 aliphatic rings. The SMILES string of the molecule is CCCS(=O)(=O)c1ccc(S(=O)(=O)N2C3CCC2C(C(=O)O)C3)cc1. The molecule has 2 aliphatic heterocycles. The van der Waals surface area contributed by atoms with Gasteiger partial charge >= 0.3 is 5.97 Å². The van der Waals surface area contributed by atoms with Crippen molar-refractivity contribution in [2.75, 3.05) is 5.75 Å². The number of carboxylic acid groups (broad SMARTS) is 1. The Hall–Kier alpha value is -1.45. The lowest BCUT2D eigenvalue weighted by molar-refractivity contribution is -0.142. The summed E-state index contributed by atoms with van der Waals surface area (Å²) in [7, 11) is -7.25. The second-order valence-electron chi connectivity index (χ2n) is 6.60. The lowest BCUT2D eigenvalue weighted by atomic mass is 9.89. The molecule has 7 nitrogen and oxygen atoms in total. The van der Waals surface area contributed by atoms with E-state index in [1.807, 2.05) is 0 Å². The van der Waals surface area contributed by atoms with Crippen LogP contribution in [-0.4, -0.2) is 50.1 Å². The van der Waals surface area contributed by atoms with E-state index >= 15 is 0 Å². The Morgan fingerprint density at radius 1 is 1.12 bits per heavy atom. The molecule has 2 fully saturated rings. The predicted octanol–water partition coefficient (Wildman–Crippen LogP) is 1.50. The third kappa shape index (κ3) is 3.09. The molecular weight excluding hydrogens is 366 g/mol. The minimum Gasteiger partial charge on any atom is -0.481 e. The molecule has 0 aromatic heterocycles. The normalized spacial score (nSPS) is 26.8. The summed E-state index contributed by atoms with van der Waals surface area (Å²) in [5.74, 6) is -1.62. The molecule has 138 valence electrons. The molecule has 2 bridgehead atoms. The van der Waals surface area contributed by atoms with Gasteiger partial charge in [-0.25, -0.2) is 16.8 Å². The first-order chi connectivity index (χ1) is 11.7. The second-order valence-corrected chi connectivity index (χ2v) is 10.6. The van der Waals surface area contributed by atoms with Crippen LogP contribution >= 0.6 is 0 Å². The zero-order valence-electron chi connectivity index (χ0n) is 13.8. The lowest BCUT2D eigenvalue weighted by Crippen LogP contribution is -2.37. The second kappa shape index (κ2) is 6.37. The molecule has 0 radical (unpaired) electrons. The summed E-state index contributed by atoms with van der Waals surface area (Å²) in [6.07, 6.45) is 2.03. The molecule has 2 heterocycles. The van der Waals surface area contributed by atoms with Crippen LogP contribution in [0, 0.1) is 5.92 Å². The van der Waals surface area contributed by atoms with Gasteiger partial charge in [-0.15, -0.1) is 0 Å². The highest BCUT2D eigenvalue weighted by molar-refractivity contribution is 7.91. The summed E-state index contributed by atoms with van der Waals surface area (Å²) in [5, 5.41) is 9.28. The maximum absolute atomic E-state index is 12.9. The van der Waals surface area contributed by atoms with Gasteiger partial charge < -0.3 is 5.11 Å². The maximum atomic E-state index is 12.9. The smallest absolute Gasteiger partial charge is 0.308 e. The number of carbonyl (C=O) groups is 1. The lowest BCUT2D eigenvalue weighted by Gasteiger charge is -2.22. The van der Waals surface area contributed by atoms with Gasteiger partial charge in [-0.05, 0) is 49.9 Å². The maximum Gasteiger partial charge on any atom is 0.308 e. The Kier molecular flexibility index (Phi) is 4.67. The molecule has 0 aliphatic carbocycles. The largest absolute Gasteiger partial charge is 0.481 e. The Morgan fingerprint density at radius 2 is 1.72 bits per heavy atom. The molecular formula is C16H21NO6S2. The Morgan fingerprint density at radius 3 is 2.24 bits per heavy atom. The molecule has 9 heteroatoms. The highest BCUT2D eigenvalue weighted by Gasteiger charge is 2.54. The summed E-state index contributed by atoms with van der Waals surface area (Å²) < 4.78 is 51.3. The number of sulfonamides is 1. The number of sulfone groups is 1. The van der Waals surface area contributed by atoms with E-state index < -0.39 is 37.8 Å². The number of aliphatic carboxylic acids is 1. The van der Waals surface area contributed by atoms with Gasteiger partial charge in [0.25, 0.3) is 0 Å². The number of fused-ring (bicyclic) bond motifs is 2. The van der Waals surface area contributed by atoms with Crippen molar-refractivity contribution in [2.45, 2.75) is 54.5 Å². The first-order valence-corrected chi connectivity index (χ1v) is 11.4. The van der Waals surface area contributed by atoms with E-state index in [4.69, 9.17) is 0 Å². The molecule has 0 saturated carbocycles. The van der Waals surface area contributed by atoms with Gasteiger partial charge in [-0.1, -0.05) is 6.92 Å². The van der Waals surface area contributed by atoms with Crippen LogP contribution in [0.25, 0.3) is 0 Å². The third-order valence-electron chi connectivity index (χ3n) is 5.02. The number of benzene rings is 1. The summed E-state index contributed by atoms with van der Waals surface area (Å²) >= 11 is 0. The molecule has 0 spiro atoms. The fraction of sp³-hybridized carbons (Fsp3) is 0.562. The Balaban J connectivity index is 1.90. The predicted molar refractivity (Wildman–Crippen MR) is 90.4 cm³/mol. The van der Waals surface area contributed by atoms with Crippen LogP contribution in [-0.2, 0) is 24.7 Å². The minimum atomic E-state index is -3.84. The highest BCUT2D eigenvalue weighted by atomic mass is 32.2. The summed E-state index contributed by atoms with van der Waals surface area (Å²) in [5.41, 5.74) is 0. The average molecular weight is 387 g/mol. The van der Waals surface area contributed by atoms with Gasteiger partial charge in [-0.3, -0.25) is 4.79 Å². The quantitative estimate of drug-likeness (QED) is 0.792. The van der Waals surface area contributed by atoms with Crippen LogP contribution in [0.2, 0.25) is 0 Å². The van der Waals surface area contributed by atoms with Crippen molar-refractivity contribution >= 4 is 25.8 Å². The number of hydrogen-bond acceptors (Lipinski definition) is 5. The zero-order valence-corrected chi connectivity index (χ0v) is 15.5. The van der Waals surface area contributed by atoms with Gasteiger partial charge in [-0.2, -0.15) is 4.31 Å². The average Bonchev–Trinajstić information content (AvgIpc) is 3.13. The van der Waals surface area contributed by atoms with Gasteiger partial charge in [0.15, 0.2) is 9.84 Å². The van der Waals surface area contributed by atoms with Crippen molar-refractivity contribution in [3.8, 4) is 0 Å². The first-order valence-electron chi connectivity index (χ1n) is 8.27. The Labute approximate surface area is 147 Å².